The van der Waals surface area contributed by atoms with Crippen molar-refractivity contribution in [1.29, 1.82) is 0 Å². The molecule has 1 heterocycles. The van der Waals surface area contributed by atoms with Gasteiger partial charge in [0.25, 0.3) is 5.56 Å². The van der Waals surface area contributed by atoms with E-state index in [0.717, 1.165) is 19.5 Å². The van der Waals surface area contributed by atoms with Gasteiger partial charge in [-0.15, -0.1) is 0 Å². The average molecular weight is 181 g/mol. The largest absolute Gasteiger partial charge is 0.315 e. The number of nitrogens with one attached hydrogen (secondary N) is 1. The second kappa shape index (κ2) is 5.48. The van der Waals surface area contributed by atoms with Gasteiger partial charge in [-0.1, -0.05) is 6.92 Å². The van der Waals surface area contributed by atoms with Gasteiger partial charge in [-0.3, -0.25) is 4.79 Å². The fraction of sp³-hybridized carbons (Fsp3) is 0.556. The SMILES string of the molecule is CCCNCCn1ncccc1=O. The minimum Gasteiger partial charge on any atom is -0.315 e. The van der Waals surface area contributed by atoms with E-state index in [-0.39, 0.29) is 5.56 Å². The van der Waals surface area contributed by atoms with Gasteiger partial charge in [-0.2, -0.15) is 5.10 Å². The maximum absolute atomic E-state index is 11.2. The van der Waals surface area contributed by atoms with Crippen LogP contribution in [0.4, 0.5) is 0 Å². The molecular weight excluding hydrogens is 166 g/mol. The summed E-state index contributed by atoms with van der Waals surface area (Å²) in [5, 5.41) is 7.15. The lowest BCUT2D eigenvalue weighted by Gasteiger charge is -2.03. The minimum absolute atomic E-state index is 0.0409. The number of nitrogens with zero attached hydrogens (tertiary/aromatic N) is 2. The highest BCUT2D eigenvalue weighted by atomic mass is 16.1. The van der Waals surface area contributed by atoms with Crippen molar-refractivity contribution in [2.45, 2.75) is 19.9 Å². The summed E-state index contributed by atoms with van der Waals surface area (Å²) in [6.07, 6.45) is 2.73. The first-order valence-corrected chi connectivity index (χ1v) is 4.57. The summed E-state index contributed by atoms with van der Waals surface area (Å²) < 4.78 is 1.46. The fourth-order valence-electron chi connectivity index (χ4n) is 1.04. The molecule has 0 aliphatic heterocycles. The maximum atomic E-state index is 11.2. The second-order valence-electron chi connectivity index (χ2n) is 2.84. The quantitative estimate of drug-likeness (QED) is 0.662. The topological polar surface area (TPSA) is 46.9 Å². The monoisotopic (exact) mass is 181 g/mol. The molecule has 0 aliphatic rings. The molecule has 0 aliphatic carbocycles. The van der Waals surface area contributed by atoms with Gasteiger partial charge in [-0.25, -0.2) is 4.68 Å². The lowest BCUT2D eigenvalue weighted by molar-refractivity contribution is 0.531. The van der Waals surface area contributed by atoms with Gasteiger partial charge in [0.15, 0.2) is 0 Å². The summed E-state index contributed by atoms with van der Waals surface area (Å²) in [5.74, 6) is 0. The van der Waals surface area contributed by atoms with Gasteiger partial charge in [-0.05, 0) is 19.0 Å². The summed E-state index contributed by atoms with van der Waals surface area (Å²) >= 11 is 0. The van der Waals surface area contributed by atoms with E-state index < -0.39 is 0 Å². The lowest BCUT2D eigenvalue weighted by Crippen LogP contribution is -2.28. The molecule has 0 fully saturated rings. The van der Waals surface area contributed by atoms with Crippen LogP contribution in [-0.4, -0.2) is 22.9 Å². The first kappa shape index (κ1) is 9.92. The second-order valence-corrected chi connectivity index (χ2v) is 2.84. The molecule has 1 aromatic heterocycles. The van der Waals surface area contributed by atoms with E-state index in [1.807, 2.05) is 0 Å². The molecule has 1 rings (SSSR count). The number of rotatable bonds is 5. The molecule has 0 saturated heterocycles. The zero-order valence-electron chi connectivity index (χ0n) is 7.86. The van der Waals surface area contributed by atoms with Gasteiger partial charge >= 0.3 is 0 Å². The normalized spacial score (nSPS) is 10.2. The molecule has 0 unspecified atom stereocenters. The summed E-state index contributed by atoms with van der Waals surface area (Å²) in [4.78, 5) is 11.2. The Bertz CT molecular complexity index is 295. The Kier molecular flexibility index (Phi) is 4.18. The van der Waals surface area contributed by atoms with Crippen LogP contribution in [0.1, 0.15) is 13.3 Å². The third-order valence-electron chi connectivity index (χ3n) is 1.71. The fourth-order valence-corrected chi connectivity index (χ4v) is 1.04. The van der Waals surface area contributed by atoms with Crippen LogP contribution in [0.2, 0.25) is 0 Å². The average Bonchev–Trinajstić information content (AvgIpc) is 2.15. The Labute approximate surface area is 77.6 Å². The minimum atomic E-state index is -0.0409. The summed E-state index contributed by atoms with van der Waals surface area (Å²) in [6.45, 7) is 4.53. The summed E-state index contributed by atoms with van der Waals surface area (Å²) in [6, 6.07) is 3.17. The zero-order chi connectivity index (χ0) is 9.52. The first-order chi connectivity index (χ1) is 6.34. The van der Waals surface area contributed by atoms with Crippen molar-refractivity contribution >= 4 is 0 Å². The lowest BCUT2D eigenvalue weighted by atomic mass is 10.4. The van der Waals surface area contributed by atoms with Crippen molar-refractivity contribution in [2.75, 3.05) is 13.1 Å². The Morgan fingerprint density at radius 1 is 1.54 bits per heavy atom. The Balaban J connectivity index is 2.37. The van der Waals surface area contributed by atoms with Gasteiger partial charge in [0.2, 0.25) is 0 Å². The zero-order valence-corrected chi connectivity index (χ0v) is 7.86. The third-order valence-corrected chi connectivity index (χ3v) is 1.71. The van der Waals surface area contributed by atoms with Crippen molar-refractivity contribution in [1.82, 2.24) is 15.1 Å². The molecule has 0 bridgehead atoms. The van der Waals surface area contributed by atoms with Gasteiger partial charge < -0.3 is 5.32 Å². The first-order valence-electron chi connectivity index (χ1n) is 4.57. The van der Waals surface area contributed by atoms with E-state index in [9.17, 15) is 4.79 Å². The van der Waals surface area contributed by atoms with E-state index in [2.05, 4.69) is 17.3 Å². The van der Waals surface area contributed by atoms with Crippen molar-refractivity contribution < 1.29 is 0 Å². The Hall–Kier alpha value is -1.16. The van der Waals surface area contributed by atoms with Gasteiger partial charge in [0.1, 0.15) is 0 Å². The van der Waals surface area contributed by atoms with Crippen LogP contribution in [0.5, 0.6) is 0 Å². The molecular formula is C9H15N3O. The molecule has 1 aromatic rings. The van der Waals surface area contributed by atoms with E-state index in [4.69, 9.17) is 0 Å². The van der Waals surface area contributed by atoms with Crippen LogP contribution >= 0.6 is 0 Å². The van der Waals surface area contributed by atoms with E-state index in [1.54, 1.807) is 12.3 Å². The number of hydrogen-bond acceptors (Lipinski definition) is 3. The van der Waals surface area contributed by atoms with E-state index in [0.29, 0.717) is 6.54 Å². The molecule has 4 nitrogen and oxygen atoms in total. The highest BCUT2D eigenvalue weighted by molar-refractivity contribution is 4.84. The van der Waals surface area contributed by atoms with Crippen molar-refractivity contribution in [3.05, 3.63) is 28.7 Å². The van der Waals surface area contributed by atoms with E-state index in [1.165, 1.54) is 10.7 Å². The Morgan fingerprint density at radius 2 is 2.38 bits per heavy atom. The Morgan fingerprint density at radius 3 is 3.08 bits per heavy atom. The van der Waals surface area contributed by atoms with Crippen LogP contribution in [0.25, 0.3) is 0 Å². The van der Waals surface area contributed by atoms with Crippen LogP contribution < -0.4 is 10.9 Å². The van der Waals surface area contributed by atoms with Crippen LogP contribution in [0, 0.1) is 0 Å². The highest BCUT2D eigenvalue weighted by Gasteiger charge is 1.93. The van der Waals surface area contributed by atoms with E-state index >= 15 is 0 Å². The molecule has 0 radical (unpaired) electrons. The molecule has 0 saturated carbocycles. The standard InChI is InChI=1S/C9H15N3O/c1-2-5-10-7-8-12-9(13)4-3-6-11-12/h3-4,6,10H,2,5,7-8H2,1H3. The van der Waals surface area contributed by atoms with Crippen molar-refractivity contribution in [3.63, 3.8) is 0 Å². The van der Waals surface area contributed by atoms with Crippen molar-refractivity contribution in [3.8, 4) is 0 Å². The maximum Gasteiger partial charge on any atom is 0.266 e. The summed E-state index contributed by atoms with van der Waals surface area (Å²) in [7, 11) is 0. The predicted molar refractivity (Wildman–Crippen MR) is 51.7 cm³/mol. The molecule has 0 spiro atoms. The molecule has 0 amide bonds. The molecule has 1 N–H and O–H groups in total. The van der Waals surface area contributed by atoms with Crippen molar-refractivity contribution in [2.24, 2.45) is 0 Å². The van der Waals surface area contributed by atoms with Gasteiger partial charge in [0, 0.05) is 18.8 Å². The number of aromatic nitrogens is 2. The molecule has 0 aromatic carbocycles. The molecule has 13 heavy (non-hydrogen) atoms. The predicted octanol–water partition coefficient (Wildman–Crippen LogP) is 0.243. The highest BCUT2D eigenvalue weighted by Crippen LogP contribution is 1.76. The molecule has 72 valence electrons. The smallest absolute Gasteiger partial charge is 0.266 e. The van der Waals surface area contributed by atoms with Crippen LogP contribution in [0.15, 0.2) is 23.1 Å². The third kappa shape index (κ3) is 3.38. The molecule has 0 atom stereocenters. The number of hydrogen-bond donors (Lipinski definition) is 1. The molecule has 4 heteroatoms. The summed E-state index contributed by atoms with van der Waals surface area (Å²) in [5.41, 5.74) is -0.0409. The van der Waals surface area contributed by atoms with Crippen LogP contribution in [0.3, 0.4) is 0 Å². The van der Waals surface area contributed by atoms with Crippen LogP contribution in [-0.2, 0) is 6.54 Å². The van der Waals surface area contributed by atoms with Gasteiger partial charge in [0.05, 0.1) is 6.54 Å².